The van der Waals surface area contributed by atoms with E-state index in [1.54, 1.807) is 0 Å². The van der Waals surface area contributed by atoms with Crippen molar-refractivity contribution in [2.24, 2.45) is 0 Å². The van der Waals surface area contributed by atoms with Crippen LogP contribution in [0.3, 0.4) is 0 Å². The highest BCUT2D eigenvalue weighted by molar-refractivity contribution is 5.52. The number of benzene rings is 1. The third kappa shape index (κ3) is 2.52. The predicted octanol–water partition coefficient (Wildman–Crippen LogP) is 2.54. The fourth-order valence-electron chi connectivity index (χ4n) is 3.08. The lowest BCUT2D eigenvalue weighted by molar-refractivity contribution is 0.0413. The van der Waals surface area contributed by atoms with E-state index in [0.29, 0.717) is 6.10 Å². The van der Waals surface area contributed by atoms with Crippen molar-refractivity contribution in [1.82, 2.24) is 4.90 Å². The quantitative estimate of drug-likeness (QED) is 0.830. The lowest BCUT2D eigenvalue weighted by Crippen LogP contribution is -2.23. The Hall–Kier alpha value is -1.06. The maximum absolute atomic E-state index is 6.00. The van der Waals surface area contributed by atoms with Gasteiger partial charge in [0.2, 0.25) is 0 Å². The van der Waals surface area contributed by atoms with E-state index in [9.17, 15) is 0 Å². The number of hydrogen-bond donors (Lipinski definition) is 1. The van der Waals surface area contributed by atoms with Crippen LogP contribution in [0, 0.1) is 0 Å². The summed E-state index contributed by atoms with van der Waals surface area (Å²) in [6.45, 7) is 3.88. The topological polar surface area (TPSA) is 38.5 Å². The average Bonchev–Trinajstić information content (AvgIpc) is 2.98. The minimum absolute atomic E-state index is 0.528. The van der Waals surface area contributed by atoms with E-state index in [4.69, 9.17) is 10.5 Å². The van der Waals surface area contributed by atoms with Crippen LogP contribution in [0.4, 0.5) is 5.69 Å². The van der Waals surface area contributed by atoms with Crippen molar-refractivity contribution in [2.75, 3.05) is 18.9 Å². The maximum atomic E-state index is 6.00. The van der Waals surface area contributed by atoms with E-state index >= 15 is 0 Å². The molecule has 3 heteroatoms. The number of rotatable bonds is 4. The van der Waals surface area contributed by atoms with Gasteiger partial charge in [0.15, 0.2) is 0 Å². The summed E-state index contributed by atoms with van der Waals surface area (Å²) in [6.07, 6.45) is 5.73. The Morgan fingerprint density at radius 2 is 2.06 bits per heavy atom. The minimum Gasteiger partial charge on any atom is -0.398 e. The first-order chi connectivity index (χ1) is 8.83. The summed E-state index contributed by atoms with van der Waals surface area (Å²) in [5.41, 5.74) is 9.64. The molecule has 3 nitrogen and oxygen atoms in total. The molecule has 2 aliphatic rings. The van der Waals surface area contributed by atoms with Crippen LogP contribution in [0.15, 0.2) is 18.2 Å². The van der Waals surface area contributed by atoms with Crippen LogP contribution in [0.25, 0.3) is 0 Å². The molecule has 0 bridgehead atoms. The monoisotopic (exact) mass is 246 g/mol. The van der Waals surface area contributed by atoms with E-state index in [-0.39, 0.29) is 0 Å². The van der Waals surface area contributed by atoms with Gasteiger partial charge in [-0.3, -0.25) is 4.90 Å². The van der Waals surface area contributed by atoms with Gasteiger partial charge in [-0.25, -0.2) is 0 Å². The molecule has 0 unspecified atom stereocenters. The number of ether oxygens (including phenoxy) is 1. The van der Waals surface area contributed by atoms with Crippen LogP contribution in [-0.2, 0) is 17.8 Å². The van der Waals surface area contributed by atoms with Crippen LogP contribution in [0.1, 0.15) is 36.8 Å². The van der Waals surface area contributed by atoms with E-state index in [1.807, 2.05) is 12.1 Å². The molecule has 1 aliphatic carbocycles. The summed E-state index contributed by atoms with van der Waals surface area (Å²) < 4.78 is 5.92. The molecular weight excluding hydrogens is 224 g/mol. The lowest BCUT2D eigenvalue weighted by Gasteiger charge is -2.17. The molecule has 0 atom stereocenters. The summed E-state index contributed by atoms with van der Waals surface area (Å²) in [5.74, 6) is 0. The van der Waals surface area contributed by atoms with Crippen molar-refractivity contribution >= 4 is 5.69 Å². The molecule has 2 N–H and O–H groups in total. The van der Waals surface area contributed by atoms with E-state index in [2.05, 4.69) is 11.0 Å². The normalized spacial score (nSPS) is 20.4. The van der Waals surface area contributed by atoms with Crippen LogP contribution in [0.5, 0.6) is 0 Å². The second kappa shape index (κ2) is 5.29. The van der Waals surface area contributed by atoms with Gasteiger partial charge >= 0.3 is 0 Å². The third-order valence-electron chi connectivity index (χ3n) is 4.15. The molecule has 1 aliphatic heterocycles. The molecule has 0 aromatic heterocycles. The van der Waals surface area contributed by atoms with Crippen molar-refractivity contribution in [1.29, 1.82) is 0 Å². The number of anilines is 1. The number of nitrogens with two attached hydrogens (primary N) is 1. The van der Waals surface area contributed by atoms with Crippen LogP contribution >= 0.6 is 0 Å². The Labute approximate surface area is 109 Å². The van der Waals surface area contributed by atoms with Gasteiger partial charge in [-0.1, -0.05) is 25.0 Å². The molecule has 1 saturated carbocycles. The molecule has 3 rings (SSSR count). The number of hydrogen-bond acceptors (Lipinski definition) is 3. The zero-order chi connectivity index (χ0) is 12.4. The molecule has 98 valence electrons. The van der Waals surface area contributed by atoms with E-state index in [1.165, 1.54) is 36.8 Å². The van der Waals surface area contributed by atoms with Crippen LogP contribution in [0.2, 0.25) is 0 Å². The Balaban J connectivity index is 1.47. The highest BCUT2D eigenvalue weighted by Gasteiger charge is 2.21. The van der Waals surface area contributed by atoms with Crippen molar-refractivity contribution in [3.63, 3.8) is 0 Å². The lowest BCUT2D eigenvalue weighted by atomic mass is 10.1. The third-order valence-corrected chi connectivity index (χ3v) is 4.15. The van der Waals surface area contributed by atoms with E-state index < -0.39 is 0 Å². The largest absolute Gasteiger partial charge is 0.398 e. The summed E-state index contributed by atoms with van der Waals surface area (Å²) in [7, 11) is 0. The van der Waals surface area contributed by atoms with Crippen molar-refractivity contribution in [2.45, 2.75) is 44.9 Å². The SMILES string of the molecule is Nc1cccc2c1CN(CCOC1CCCC1)C2. The molecule has 1 aromatic rings. The van der Waals surface area contributed by atoms with Gasteiger partial charge in [-0.2, -0.15) is 0 Å². The van der Waals surface area contributed by atoms with Gasteiger partial charge < -0.3 is 10.5 Å². The molecular formula is C15H22N2O. The number of nitrogen functional groups attached to an aromatic ring is 1. The Morgan fingerprint density at radius 3 is 2.83 bits per heavy atom. The summed E-state index contributed by atoms with van der Waals surface area (Å²) in [6, 6.07) is 6.23. The van der Waals surface area contributed by atoms with Crippen molar-refractivity contribution in [3.8, 4) is 0 Å². The van der Waals surface area contributed by atoms with Crippen LogP contribution < -0.4 is 5.73 Å². The summed E-state index contributed by atoms with van der Waals surface area (Å²) >= 11 is 0. The first-order valence-electron chi connectivity index (χ1n) is 7.03. The Kier molecular flexibility index (Phi) is 3.52. The van der Waals surface area contributed by atoms with Gasteiger partial charge in [0.05, 0.1) is 12.7 Å². The zero-order valence-electron chi connectivity index (χ0n) is 10.9. The van der Waals surface area contributed by atoms with Crippen LogP contribution in [-0.4, -0.2) is 24.2 Å². The predicted molar refractivity (Wildman–Crippen MR) is 73.2 cm³/mol. The summed E-state index contributed by atoms with van der Waals surface area (Å²) in [5, 5.41) is 0. The number of fused-ring (bicyclic) bond motifs is 1. The smallest absolute Gasteiger partial charge is 0.0597 e. The summed E-state index contributed by atoms with van der Waals surface area (Å²) in [4.78, 5) is 2.43. The fraction of sp³-hybridized carbons (Fsp3) is 0.600. The molecule has 1 fully saturated rings. The molecule has 1 heterocycles. The highest BCUT2D eigenvalue weighted by atomic mass is 16.5. The van der Waals surface area contributed by atoms with E-state index in [0.717, 1.165) is 31.9 Å². The van der Waals surface area contributed by atoms with Gasteiger partial charge in [0, 0.05) is 25.3 Å². The fourth-order valence-corrected chi connectivity index (χ4v) is 3.08. The molecule has 0 saturated heterocycles. The Morgan fingerprint density at radius 1 is 1.22 bits per heavy atom. The number of nitrogens with zero attached hydrogens (tertiary/aromatic N) is 1. The van der Waals surface area contributed by atoms with Gasteiger partial charge in [0.25, 0.3) is 0 Å². The van der Waals surface area contributed by atoms with Crippen molar-refractivity contribution in [3.05, 3.63) is 29.3 Å². The van der Waals surface area contributed by atoms with Gasteiger partial charge in [0.1, 0.15) is 0 Å². The minimum atomic E-state index is 0.528. The zero-order valence-corrected chi connectivity index (χ0v) is 10.9. The average molecular weight is 246 g/mol. The highest BCUT2D eigenvalue weighted by Crippen LogP contribution is 2.27. The standard InChI is InChI=1S/C15H22N2O/c16-15-7-3-4-12-10-17(11-14(12)15)8-9-18-13-5-1-2-6-13/h3-4,7,13H,1-2,5-6,8-11,16H2. The maximum Gasteiger partial charge on any atom is 0.0597 e. The van der Waals surface area contributed by atoms with Crippen molar-refractivity contribution < 1.29 is 4.74 Å². The first kappa shape index (κ1) is 12.0. The molecule has 1 aromatic carbocycles. The van der Waals surface area contributed by atoms with Gasteiger partial charge in [-0.15, -0.1) is 0 Å². The molecule has 0 radical (unpaired) electrons. The molecule has 0 spiro atoms. The second-order valence-corrected chi connectivity index (χ2v) is 5.47. The first-order valence-corrected chi connectivity index (χ1v) is 7.03. The Bertz CT molecular complexity index is 413. The second-order valence-electron chi connectivity index (χ2n) is 5.47. The molecule has 18 heavy (non-hydrogen) atoms. The molecule has 0 amide bonds. The van der Waals surface area contributed by atoms with Gasteiger partial charge in [-0.05, 0) is 30.0 Å².